The minimum atomic E-state index is 0.795. The maximum atomic E-state index is 5.83. The molecule has 4 heteroatoms. The zero-order valence-electron chi connectivity index (χ0n) is 12.9. The van der Waals surface area contributed by atoms with Crippen LogP contribution in [0.15, 0.2) is 91.1 Å². The molecule has 0 atom stereocenters. The number of hydrogen-bond acceptors (Lipinski definition) is 3. The van der Waals surface area contributed by atoms with Crippen LogP contribution in [0, 0.1) is 0 Å². The Kier molecular flexibility index (Phi) is 3.78. The summed E-state index contributed by atoms with van der Waals surface area (Å²) in [5.41, 5.74) is 2.95. The number of ether oxygens (including phenoxy) is 1. The summed E-state index contributed by atoms with van der Waals surface area (Å²) in [4.78, 5) is 0. The van der Waals surface area contributed by atoms with Crippen LogP contribution in [0.2, 0.25) is 0 Å². The third-order valence-corrected chi connectivity index (χ3v) is 3.68. The highest BCUT2D eigenvalue weighted by Gasteiger charge is 2.08. The second-order valence-electron chi connectivity index (χ2n) is 5.31. The quantitative estimate of drug-likeness (QED) is 0.547. The molecule has 4 aromatic rings. The van der Waals surface area contributed by atoms with E-state index in [4.69, 9.17) is 4.74 Å². The first kappa shape index (κ1) is 14.2. The first-order valence-electron chi connectivity index (χ1n) is 7.70. The number of para-hydroxylation sites is 2. The van der Waals surface area contributed by atoms with E-state index >= 15 is 0 Å². The fraction of sp³-hybridized carbons (Fsp3) is 0. The average Bonchev–Trinajstić information content (AvgIpc) is 3.14. The minimum absolute atomic E-state index is 0.795. The minimum Gasteiger partial charge on any atom is -0.457 e. The molecule has 0 saturated heterocycles. The molecule has 1 heterocycles. The molecule has 4 rings (SSSR count). The van der Waals surface area contributed by atoms with Gasteiger partial charge in [-0.1, -0.05) is 41.6 Å². The number of aromatic nitrogens is 3. The maximum absolute atomic E-state index is 5.83. The van der Waals surface area contributed by atoms with Crippen molar-refractivity contribution in [3.63, 3.8) is 0 Å². The molecule has 0 unspecified atom stereocenters. The summed E-state index contributed by atoms with van der Waals surface area (Å²) in [7, 11) is 0. The van der Waals surface area contributed by atoms with Gasteiger partial charge in [0, 0.05) is 5.56 Å². The van der Waals surface area contributed by atoms with Gasteiger partial charge in [-0.2, -0.15) is 0 Å². The van der Waals surface area contributed by atoms with Crippen molar-refractivity contribution in [3.8, 4) is 28.4 Å². The highest BCUT2D eigenvalue weighted by molar-refractivity contribution is 5.62. The molecule has 0 amide bonds. The molecular formula is C20H15N3O. The van der Waals surface area contributed by atoms with E-state index in [0.717, 1.165) is 28.4 Å². The lowest BCUT2D eigenvalue weighted by Crippen LogP contribution is -1.98. The highest BCUT2D eigenvalue weighted by atomic mass is 16.5. The van der Waals surface area contributed by atoms with E-state index in [2.05, 4.69) is 10.3 Å². The van der Waals surface area contributed by atoms with Crippen molar-refractivity contribution in [2.24, 2.45) is 0 Å². The molecule has 0 N–H and O–H groups in total. The van der Waals surface area contributed by atoms with Crippen LogP contribution in [0.1, 0.15) is 0 Å². The number of rotatable bonds is 4. The van der Waals surface area contributed by atoms with Crippen LogP contribution in [0.4, 0.5) is 0 Å². The summed E-state index contributed by atoms with van der Waals surface area (Å²) >= 11 is 0. The van der Waals surface area contributed by atoms with E-state index in [1.165, 1.54) is 0 Å². The van der Waals surface area contributed by atoms with E-state index in [0.29, 0.717) is 0 Å². The van der Waals surface area contributed by atoms with Gasteiger partial charge in [-0.25, -0.2) is 4.68 Å². The van der Waals surface area contributed by atoms with Gasteiger partial charge in [-0.05, 0) is 48.5 Å². The normalized spacial score (nSPS) is 10.5. The van der Waals surface area contributed by atoms with E-state index in [1.807, 2.05) is 89.6 Å². The van der Waals surface area contributed by atoms with Gasteiger partial charge in [0.1, 0.15) is 11.5 Å². The molecule has 0 spiro atoms. The molecule has 0 fully saturated rings. The SMILES string of the molecule is c1ccc(Oc2ccc(-c3cnnn3-c3ccccc3)cc2)cc1. The number of benzene rings is 3. The van der Waals surface area contributed by atoms with Crippen molar-refractivity contribution < 1.29 is 4.74 Å². The first-order valence-corrected chi connectivity index (χ1v) is 7.70. The van der Waals surface area contributed by atoms with E-state index in [-0.39, 0.29) is 0 Å². The largest absolute Gasteiger partial charge is 0.457 e. The van der Waals surface area contributed by atoms with E-state index in [9.17, 15) is 0 Å². The predicted octanol–water partition coefficient (Wildman–Crippen LogP) is 4.73. The molecule has 0 saturated carbocycles. The third-order valence-electron chi connectivity index (χ3n) is 3.68. The van der Waals surface area contributed by atoms with Gasteiger partial charge in [-0.15, -0.1) is 5.10 Å². The van der Waals surface area contributed by atoms with Crippen molar-refractivity contribution in [1.29, 1.82) is 0 Å². The predicted molar refractivity (Wildman–Crippen MR) is 93.3 cm³/mol. The number of nitrogens with zero attached hydrogens (tertiary/aromatic N) is 3. The Labute approximate surface area is 140 Å². The van der Waals surface area contributed by atoms with Crippen LogP contribution >= 0.6 is 0 Å². The summed E-state index contributed by atoms with van der Waals surface area (Å²) in [6.45, 7) is 0. The maximum Gasteiger partial charge on any atom is 0.127 e. The smallest absolute Gasteiger partial charge is 0.127 e. The molecular weight excluding hydrogens is 298 g/mol. The summed E-state index contributed by atoms with van der Waals surface area (Å²) in [5, 5.41) is 8.24. The van der Waals surface area contributed by atoms with Crippen molar-refractivity contribution in [2.45, 2.75) is 0 Å². The Morgan fingerprint density at radius 3 is 2.00 bits per heavy atom. The lowest BCUT2D eigenvalue weighted by atomic mass is 10.1. The summed E-state index contributed by atoms with van der Waals surface area (Å²) in [6, 6.07) is 27.6. The molecule has 3 aromatic carbocycles. The standard InChI is InChI=1S/C20H15N3O/c1-3-7-17(8-4-1)23-20(15-21-22-23)16-11-13-19(14-12-16)24-18-9-5-2-6-10-18/h1-15H. The lowest BCUT2D eigenvalue weighted by molar-refractivity contribution is 0.483. The second kappa shape index (κ2) is 6.38. The topological polar surface area (TPSA) is 39.9 Å². The molecule has 4 nitrogen and oxygen atoms in total. The van der Waals surface area contributed by atoms with Crippen LogP contribution in [0.25, 0.3) is 16.9 Å². The Bertz CT molecular complexity index is 916. The van der Waals surface area contributed by atoms with E-state index < -0.39 is 0 Å². The van der Waals surface area contributed by atoms with Gasteiger partial charge in [-0.3, -0.25) is 0 Å². The molecule has 0 radical (unpaired) electrons. The molecule has 0 bridgehead atoms. The second-order valence-corrected chi connectivity index (χ2v) is 5.31. The molecule has 24 heavy (non-hydrogen) atoms. The fourth-order valence-electron chi connectivity index (χ4n) is 2.51. The Morgan fingerprint density at radius 2 is 1.29 bits per heavy atom. The van der Waals surface area contributed by atoms with Crippen LogP contribution in [-0.4, -0.2) is 15.0 Å². The van der Waals surface area contributed by atoms with Gasteiger partial charge in [0.15, 0.2) is 0 Å². The molecule has 116 valence electrons. The molecule has 0 aliphatic heterocycles. The van der Waals surface area contributed by atoms with Crippen molar-refractivity contribution in [3.05, 3.63) is 91.1 Å². The van der Waals surface area contributed by atoms with Crippen molar-refractivity contribution in [1.82, 2.24) is 15.0 Å². The summed E-state index contributed by atoms with van der Waals surface area (Å²) in [5.74, 6) is 1.62. The van der Waals surface area contributed by atoms with Crippen molar-refractivity contribution in [2.75, 3.05) is 0 Å². The van der Waals surface area contributed by atoms with Crippen molar-refractivity contribution >= 4 is 0 Å². The van der Waals surface area contributed by atoms with Crippen LogP contribution < -0.4 is 4.74 Å². The zero-order valence-corrected chi connectivity index (χ0v) is 12.9. The lowest BCUT2D eigenvalue weighted by Gasteiger charge is -2.08. The summed E-state index contributed by atoms with van der Waals surface area (Å²) < 4.78 is 7.65. The Morgan fingerprint density at radius 1 is 0.667 bits per heavy atom. The molecule has 1 aromatic heterocycles. The third kappa shape index (κ3) is 2.90. The van der Waals surface area contributed by atoms with Crippen LogP contribution in [0.3, 0.4) is 0 Å². The monoisotopic (exact) mass is 313 g/mol. The van der Waals surface area contributed by atoms with Crippen LogP contribution in [0.5, 0.6) is 11.5 Å². The van der Waals surface area contributed by atoms with Crippen LogP contribution in [-0.2, 0) is 0 Å². The fourth-order valence-corrected chi connectivity index (χ4v) is 2.51. The van der Waals surface area contributed by atoms with Gasteiger partial charge < -0.3 is 4.74 Å². The van der Waals surface area contributed by atoms with Gasteiger partial charge in [0.05, 0.1) is 17.6 Å². The first-order chi connectivity index (χ1) is 11.9. The molecule has 0 aliphatic rings. The molecule has 0 aliphatic carbocycles. The average molecular weight is 313 g/mol. The summed E-state index contributed by atoms with van der Waals surface area (Å²) in [6.07, 6.45) is 1.76. The van der Waals surface area contributed by atoms with Gasteiger partial charge in [0.25, 0.3) is 0 Å². The van der Waals surface area contributed by atoms with E-state index in [1.54, 1.807) is 6.20 Å². The van der Waals surface area contributed by atoms with Gasteiger partial charge >= 0.3 is 0 Å². The number of hydrogen-bond donors (Lipinski definition) is 0. The van der Waals surface area contributed by atoms with Gasteiger partial charge in [0.2, 0.25) is 0 Å². The highest BCUT2D eigenvalue weighted by Crippen LogP contribution is 2.26. The zero-order chi connectivity index (χ0) is 16.2. The Balaban J connectivity index is 1.61. The Hall–Kier alpha value is -3.40.